The van der Waals surface area contributed by atoms with Crippen LogP contribution in [0.2, 0.25) is 5.02 Å². The lowest BCUT2D eigenvalue weighted by Gasteiger charge is -2.11. The summed E-state index contributed by atoms with van der Waals surface area (Å²) in [5.41, 5.74) is -4.89. The van der Waals surface area contributed by atoms with Gasteiger partial charge in [0.05, 0.1) is 11.3 Å². The molecule has 0 spiro atoms. The highest BCUT2D eigenvalue weighted by atomic mass is 35.5. The Morgan fingerprint density at radius 2 is 1.82 bits per heavy atom. The summed E-state index contributed by atoms with van der Waals surface area (Å²) in [5.74, 6) is -1.62. The van der Waals surface area contributed by atoms with Gasteiger partial charge in [0.15, 0.2) is 0 Å². The lowest BCUT2D eigenvalue weighted by Crippen LogP contribution is -2.15. The molecule has 0 atom stereocenters. The van der Waals surface area contributed by atoms with Gasteiger partial charge in [-0.05, 0) is 42.1 Å². The molecule has 2 aromatic rings. The van der Waals surface area contributed by atoms with E-state index in [2.05, 4.69) is 5.32 Å². The van der Waals surface area contributed by atoms with Gasteiger partial charge in [0.2, 0.25) is 0 Å². The smallest absolute Gasteiger partial charge is 0.319 e. The van der Waals surface area contributed by atoms with Crippen LogP contribution in [0.15, 0.2) is 47.4 Å². The third-order valence-corrected chi connectivity index (χ3v) is 3.58. The number of hydrogen-bond acceptors (Lipinski definition) is 2. The van der Waals surface area contributed by atoms with Crippen LogP contribution in [0.1, 0.15) is 10.4 Å². The molecule has 22 heavy (non-hydrogen) atoms. The number of carbonyl (C=O) groups is 1. The van der Waals surface area contributed by atoms with Gasteiger partial charge in [0.1, 0.15) is 5.82 Å². The lowest BCUT2D eigenvalue weighted by molar-refractivity contribution is -0.0328. The molecule has 0 heterocycles. The zero-order valence-corrected chi connectivity index (χ0v) is 12.3. The molecular formula is C14H8ClF4NOS. The topological polar surface area (TPSA) is 29.1 Å². The van der Waals surface area contributed by atoms with Crippen molar-refractivity contribution in [2.24, 2.45) is 0 Å². The third-order valence-electron chi connectivity index (χ3n) is 2.54. The summed E-state index contributed by atoms with van der Waals surface area (Å²) in [5, 5.41) is 2.37. The molecule has 0 bridgehead atoms. The first-order valence-corrected chi connectivity index (χ1v) is 7.07. The summed E-state index contributed by atoms with van der Waals surface area (Å²) in [6, 6.07) is 8.79. The van der Waals surface area contributed by atoms with Gasteiger partial charge in [-0.2, -0.15) is 13.2 Å². The first kappa shape index (κ1) is 16.6. The second-order valence-electron chi connectivity index (χ2n) is 4.12. The largest absolute Gasteiger partial charge is 0.446 e. The van der Waals surface area contributed by atoms with Crippen LogP contribution in [-0.2, 0) is 0 Å². The minimum atomic E-state index is -4.53. The highest BCUT2D eigenvalue weighted by molar-refractivity contribution is 8.00. The Hall–Kier alpha value is -1.73. The highest BCUT2D eigenvalue weighted by Gasteiger charge is 2.31. The zero-order chi connectivity index (χ0) is 16.3. The molecule has 8 heteroatoms. The van der Waals surface area contributed by atoms with Crippen molar-refractivity contribution >= 4 is 35.0 Å². The van der Waals surface area contributed by atoms with Crippen LogP contribution in [0.3, 0.4) is 0 Å². The van der Waals surface area contributed by atoms with Crippen molar-refractivity contribution in [3.8, 4) is 0 Å². The van der Waals surface area contributed by atoms with Crippen molar-refractivity contribution < 1.29 is 22.4 Å². The Bertz CT molecular complexity index is 705. The Labute approximate surface area is 132 Å². The number of hydrogen-bond donors (Lipinski definition) is 1. The number of halogens is 5. The molecule has 0 aromatic heterocycles. The summed E-state index contributed by atoms with van der Waals surface area (Å²) in [7, 11) is 0. The molecule has 0 fully saturated rings. The average molecular weight is 350 g/mol. The van der Waals surface area contributed by atoms with Crippen LogP contribution < -0.4 is 5.32 Å². The van der Waals surface area contributed by atoms with Gasteiger partial charge in [0.25, 0.3) is 5.91 Å². The van der Waals surface area contributed by atoms with Gasteiger partial charge in [0, 0.05) is 9.92 Å². The lowest BCUT2D eigenvalue weighted by atomic mass is 10.2. The number of alkyl halides is 3. The fraction of sp³-hybridized carbons (Fsp3) is 0.0714. The molecule has 0 saturated heterocycles. The van der Waals surface area contributed by atoms with Crippen molar-refractivity contribution in [1.29, 1.82) is 0 Å². The summed E-state index contributed by atoms with van der Waals surface area (Å²) in [4.78, 5) is 11.8. The molecule has 0 saturated carbocycles. The molecule has 0 aliphatic carbocycles. The number of anilines is 1. The molecule has 0 aliphatic heterocycles. The van der Waals surface area contributed by atoms with Gasteiger partial charge in [-0.3, -0.25) is 4.79 Å². The average Bonchev–Trinajstić information content (AvgIpc) is 2.40. The van der Waals surface area contributed by atoms with E-state index in [1.807, 2.05) is 0 Å². The Morgan fingerprint density at radius 1 is 1.14 bits per heavy atom. The highest BCUT2D eigenvalue weighted by Crippen LogP contribution is 2.38. The van der Waals surface area contributed by atoms with Crippen molar-refractivity contribution in [2.45, 2.75) is 10.4 Å². The first-order chi connectivity index (χ1) is 10.3. The Balaban J connectivity index is 2.26. The van der Waals surface area contributed by atoms with Crippen molar-refractivity contribution in [2.75, 3.05) is 5.32 Å². The molecule has 2 nitrogen and oxygen atoms in total. The van der Waals surface area contributed by atoms with E-state index >= 15 is 0 Å². The van der Waals surface area contributed by atoms with E-state index in [9.17, 15) is 22.4 Å². The molecular weight excluding hydrogens is 342 g/mol. The van der Waals surface area contributed by atoms with E-state index in [1.54, 1.807) is 0 Å². The third kappa shape index (κ3) is 4.38. The van der Waals surface area contributed by atoms with E-state index in [1.165, 1.54) is 36.4 Å². The standard InChI is InChI=1S/C14H8ClF4NOS/c15-8-5-6-11(10(16)7-8)20-13(21)9-3-1-2-4-12(9)22-14(17,18)19/h1-7H,(H,20,21). The minimum Gasteiger partial charge on any atom is -0.319 e. The Morgan fingerprint density at radius 3 is 2.45 bits per heavy atom. The maximum absolute atomic E-state index is 13.6. The van der Waals surface area contributed by atoms with Crippen LogP contribution in [0, 0.1) is 5.82 Å². The van der Waals surface area contributed by atoms with Gasteiger partial charge in [-0.25, -0.2) is 4.39 Å². The van der Waals surface area contributed by atoms with Crippen LogP contribution in [0.4, 0.5) is 23.2 Å². The SMILES string of the molecule is O=C(Nc1ccc(Cl)cc1F)c1ccccc1SC(F)(F)F. The normalized spacial score (nSPS) is 11.3. The fourth-order valence-corrected chi connectivity index (χ4v) is 2.47. The molecule has 2 aromatic carbocycles. The van der Waals surface area contributed by atoms with E-state index in [4.69, 9.17) is 11.6 Å². The first-order valence-electron chi connectivity index (χ1n) is 5.87. The van der Waals surface area contributed by atoms with Gasteiger partial charge < -0.3 is 5.32 Å². The van der Waals surface area contributed by atoms with Gasteiger partial charge >= 0.3 is 5.51 Å². The minimum absolute atomic E-state index is 0.142. The molecule has 1 N–H and O–H groups in total. The summed E-state index contributed by atoms with van der Waals surface area (Å²) < 4.78 is 51.0. The summed E-state index contributed by atoms with van der Waals surface area (Å²) >= 11 is 5.18. The number of thioether (sulfide) groups is 1. The van der Waals surface area contributed by atoms with Crippen LogP contribution >= 0.6 is 23.4 Å². The van der Waals surface area contributed by atoms with E-state index in [-0.39, 0.29) is 21.2 Å². The number of carbonyl (C=O) groups excluding carboxylic acids is 1. The number of benzene rings is 2. The molecule has 0 aliphatic rings. The van der Waals surface area contributed by atoms with E-state index in [0.29, 0.717) is 0 Å². The van der Waals surface area contributed by atoms with Crippen LogP contribution in [0.5, 0.6) is 0 Å². The van der Waals surface area contributed by atoms with Gasteiger partial charge in [-0.15, -0.1) is 0 Å². The van der Waals surface area contributed by atoms with Crippen molar-refractivity contribution in [1.82, 2.24) is 0 Å². The zero-order valence-electron chi connectivity index (χ0n) is 10.7. The molecule has 0 unspecified atom stereocenters. The maximum Gasteiger partial charge on any atom is 0.446 e. The summed E-state index contributed by atoms with van der Waals surface area (Å²) in [6.45, 7) is 0. The number of amides is 1. The molecule has 0 radical (unpaired) electrons. The summed E-state index contributed by atoms with van der Waals surface area (Å²) in [6.07, 6.45) is 0. The number of rotatable bonds is 3. The Kier molecular flexibility index (Phi) is 4.97. The molecule has 116 valence electrons. The predicted molar refractivity (Wildman–Crippen MR) is 77.7 cm³/mol. The fourth-order valence-electron chi connectivity index (χ4n) is 1.65. The monoisotopic (exact) mass is 349 g/mol. The van der Waals surface area contributed by atoms with Crippen molar-refractivity contribution in [3.05, 3.63) is 58.9 Å². The quantitative estimate of drug-likeness (QED) is 0.598. The molecule has 2 rings (SSSR count). The van der Waals surface area contributed by atoms with Crippen molar-refractivity contribution in [3.63, 3.8) is 0 Å². The van der Waals surface area contributed by atoms with Crippen LogP contribution in [-0.4, -0.2) is 11.4 Å². The van der Waals surface area contributed by atoms with Crippen LogP contribution in [0.25, 0.3) is 0 Å². The second kappa shape index (κ2) is 6.58. The van der Waals surface area contributed by atoms with E-state index in [0.717, 1.165) is 6.07 Å². The molecule has 1 amide bonds. The second-order valence-corrected chi connectivity index (χ2v) is 5.67. The van der Waals surface area contributed by atoms with E-state index < -0.39 is 29.0 Å². The maximum atomic E-state index is 13.6. The number of nitrogens with one attached hydrogen (secondary N) is 1. The van der Waals surface area contributed by atoms with Gasteiger partial charge in [-0.1, -0.05) is 23.7 Å². The predicted octanol–water partition coefficient (Wildman–Crippen LogP) is 5.34.